The molecule has 11 nitrogen and oxygen atoms in total. The van der Waals surface area contributed by atoms with E-state index in [0.29, 0.717) is 34.2 Å². The van der Waals surface area contributed by atoms with Gasteiger partial charge in [0.2, 0.25) is 12.7 Å². The summed E-state index contributed by atoms with van der Waals surface area (Å²) in [4.78, 5) is 40.2. The first-order valence-corrected chi connectivity index (χ1v) is 11.8. The van der Waals surface area contributed by atoms with Crippen LogP contribution >= 0.6 is 11.5 Å². The minimum absolute atomic E-state index is 0.0636. The number of rotatable bonds is 10. The Bertz CT molecular complexity index is 1320. The molecule has 2 aromatic carbocycles. The number of nitrogens with zero attached hydrogens (tertiary/aromatic N) is 2. The minimum Gasteiger partial charge on any atom is -0.454 e. The van der Waals surface area contributed by atoms with Crippen molar-refractivity contribution in [3.63, 3.8) is 0 Å². The third kappa shape index (κ3) is 5.62. The Labute approximate surface area is 215 Å². The van der Waals surface area contributed by atoms with Crippen molar-refractivity contribution in [1.29, 1.82) is 0 Å². The van der Waals surface area contributed by atoms with E-state index in [4.69, 9.17) is 25.7 Å². The fraction of sp³-hybridized carbons (Fsp3) is 0.250. The highest BCUT2D eigenvalue weighted by molar-refractivity contribution is 7.09. The summed E-state index contributed by atoms with van der Waals surface area (Å²) >= 11 is 0.696. The lowest BCUT2D eigenvalue weighted by Gasteiger charge is -2.31. The first kappa shape index (κ1) is 25.9. The number of benzene rings is 2. The van der Waals surface area contributed by atoms with E-state index in [-0.39, 0.29) is 42.7 Å². The van der Waals surface area contributed by atoms with Crippen LogP contribution in [0.1, 0.15) is 37.3 Å². The van der Waals surface area contributed by atoms with Gasteiger partial charge in [0.25, 0.3) is 11.8 Å². The molecule has 0 fully saturated rings. The molecule has 2 heterocycles. The van der Waals surface area contributed by atoms with Crippen LogP contribution in [0.5, 0.6) is 11.5 Å². The normalized spacial score (nSPS) is 12.7. The number of aromatic nitrogens is 1. The number of primary amides is 1. The van der Waals surface area contributed by atoms with Crippen LogP contribution in [0, 0.1) is 5.82 Å². The fourth-order valence-electron chi connectivity index (χ4n) is 3.77. The van der Waals surface area contributed by atoms with Crippen LogP contribution in [-0.4, -0.2) is 54.0 Å². The van der Waals surface area contributed by atoms with Crippen molar-refractivity contribution in [3.05, 3.63) is 70.0 Å². The quantitative estimate of drug-likeness (QED) is 0.336. The number of nitrogen functional groups attached to an aromatic ring is 1. The molecule has 13 heteroatoms. The number of carbonyl (C=O) groups excluding carboxylic acids is 3. The molecular formula is C24H24FN5O6S. The van der Waals surface area contributed by atoms with Gasteiger partial charge in [-0.1, -0.05) is 18.2 Å². The second kappa shape index (κ2) is 11.2. The zero-order chi connectivity index (χ0) is 26.5. The topological polar surface area (TPSA) is 159 Å². The van der Waals surface area contributed by atoms with Crippen LogP contribution in [-0.2, 0) is 16.1 Å². The van der Waals surface area contributed by atoms with E-state index in [2.05, 4.69) is 9.69 Å². The maximum absolute atomic E-state index is 13.9. The van der Waals surface area contributed by atoms with Crippen molar-refractivity contribution >= 4 is 34.9 Å². The third-order valence-electron chi connectivity index (χ3n) is 5.56. The Balaban J connectivity index is 1.78. The molecule has 1 aliphatic rings. The van der Waals surface area contributed by atoms with Crippen molar-refractivity contribution in [2.24, 2.45) is 5.73 Å². The summed E-state index contributed by atoms with van der Waals surface area (Å²) in [7, 11) is 1.49. The molecule has 4 rings (SSSR count). The summed E-state index contributed by atoms with van der Waals surface area (Å²) in [6, 6.07) is 9.13. The molecule has 3 amide bonds. The largest absolute Gasteiger partial charge is 0.454 e. The molecule has 5 N–H and O–H groups in total. The van der Waals surface area contributed by atoms with E-state index in [1.807, 2.05) is 0 Å². The zero-order valence-corrected chi connectivity index (χ0v) is 20.5. The van der Waals surface area contributed by atoms with Crippen molar-refractivity contribution in [1.82, 2.24) is 14.6 Å². The predicted octanol–water partition coefficient (Wildman–Crippen LogP) is 1.84. The highest BCUT2D eigenvalue weighted by atomic mass is 32.1. The first-order valence-electron chi connectivity index (χ1n) is 11.1. The van der Waals surface area contributed by atoms with Crippen molar-refractivity contribution in [3.8, 4) is 11.5 Å². The molecule has 0 saturated carbocycles. The van der Waals surface area contributed by atoms with Crippen LogP contribution in [0.15, 0.2) is 42.5 Å². The smallest absolute Gasteiger partial charge is 0.270 e. The van der Waals surface area contributed by atoms with Crippen LogP contribution < -0.4 is 26.3 Å². The van der Waals surface area contributed by atoms with E-state index in [1.165, 1.54) is 36.3 Å². The van der Waals surface area contributed by atoms with Gasteiger partial charge in [0.1, 0.15) is 16.7 Å². The number of ether oxygens (including phenoxy) is 3. The summed E-state index contributed by atoms with van der Waals surface area (Å²) in [6.45, 7) is 0.405. The van der Waals surface area contributed by atoms with Crippen LogP contribution in [0.25, 0.3) is 0 Å². The Morgan fingerprint density at radius 2 is 1.92 bits per heavy atom. The molecule has 1 aromatic heterocycles. The Morgan fingerprint density at radius 1 is 1.19 bits per heavy atom. The van der Waals surface area contributed by atoms with Crippen molar-refractivity contribution in [2.75, 3.05) is 32.8 Å². The third-order valence-corrected chi connectivity index (χ3v) is 6.41. The lowest BCUT2D eigenvalue weighted by atomic mass is 10.0. The molecule has 3 aromatic rings. The lowest BCUT2D eigenvalue weighted by Crippen LogP contribution is -2.44. The van der Waals surface area contributed by atoms with Gasteiger partial charge in [-0.15, -0.1) is 0 Å². The molecule has 1 aliphatic heterocycles. The standard InChI is InChI=1S/C24H24FN5O6S/c1-34-9-8-28-23(32)20(14-3-5-15(25)6-4-14)30(11-13-2-7-16-17(10-13)36-12-35-16)24(33)21-18(26)19(22(27)31)29-37-21/h2-7,10,20H,8-9,11-12,26H2,1H3,(H2,27,31)(H,28,32)/t20-/m0/s1. The SMILES string of the molecule is COCCNC(=O)[C@H](c1ccc(F)cc1)N(Cc1ccc2c(c1)OCO2)C(=O)c1snc(C(N)=O)c1N. The van der Waals surface area contributed by atoms with E-state index >= 15 is 0 Å². The minimum atomic E-state index is -1.20. The number of nitrogens with two attached hydrogens (primary N) is 2. The van der Waals surface area contributed by atoms with Crippen molar-refractivity contribution < 1.29 is 33.0 Å². The summed E-state index contributed by atoms with van der Waals surface area (Å²) in [5, 5.41) is 2.74. The first-order chi connectivity index (χ1) is 17.8. The number of methoxy groups -OCH3 is 1. The van der Waals surface area contributed by atoms with E-state index in [0.717, 1.165) is 0 Å². The van der Waals surface area contributed by atoms with Crippen LogP contribution in [0.2, 0.25) is 0 Å². The summed E-state index contributed by atoms with van der Waals surface area (Å²) < 4.78 is 33.5. The maximum Gasteiger partial charge on any atom is 0.270 e. The number of anilines is 1. The van der Waals surface area contributed by atoms with Crippen LogP contribution in [0.3, 0.4) is 0 Å². The number of hydrogen-bond acceptors (Lipinski definition) is 9. The molecule has 0 radical (unpaired) electrons. The number of amides is 3. The Morgan fingerprint density at radius 3 is 2.59 bits per heavy atom. The Kier molecular flexibility index (Phi) is 7.84. The van der Waals surface area contributed by atoms with Gasteiger partial charge in [0.05, 0.1) is 12.3 Å². The highest BCUT2D eigenvalue weighted by Gasteiger charge is 2.35. The summed E-state index contributed by atoms with van der Waals surface area (Å²) in [5.41, 5.74) is 11.9. The van der Waals surface area contributed by atoms with Gasteiger partial charge < -0.3 is 35.9 Å². The van der Waals surface area contributed by atoms with Crippen LogP contribution in [0.4, 0.5) is 10.1 Å². The molecule has 1 atom stereocenters. The van der Waals surface area contributed by atoms with Gasteiger partial charge >= 0.3 is 0 Å². The van der Waals surface area contributed by atoms with Gasteiger partial charge in [-0.05, 0) is 46.9 Å². The molecular weight excluding hydrogens is 505 g/mol. The lowest BCUT2D eigenvalue weighted by molar-refractivity contribution is -0.126. The number of nitrogens with one attached hydrogen (secondary N) is 1. The highest BCUT2D eigenvalue weighted by Crippen LogP contribution is 2.35. The van der Waals surface area contributed by atoms with E-state index in [9.17, 15) is 18.8 Å². The molecule has 194 valence electrons. The fourth-order valence-corrected chi connectivity index (χ4v) is 4.53. The maximum atomic E-state index is 13.9. The van der Waals surface area contributed by atoms with Gasteiger partial charge in [-0.2, -0.15) is 4.37 Å². The second-order valence-electron chi connectivity index (χ2n) is 8.00. The zero-order valence-electron chi connectivity index (χ0n) is 19.7. The van der Waals surface area contributed by atoms with Gasteiger partial charge in [-0.25, -0.2) is 4.39 Å². The van der Waals surface area contributed by atoms with E-state index in [1.54, 1.807) is 18.2 Å². The second-order valence-corrected chi connectivity index (χ2v) is 8.77. The number of halogens is 1. The number of hydrogen-bond donors (Lipinski definition) is 3. The van der Waals surface area contributed by atoms with Gasteiger partial charge in [0.15, 0.2) is 17.2 Å². The number of carbonyl (C=O) groups is 3. The monoisotopic (exact) mass is 529 g/mol. The molecule has 0 bridgehead atoms. The predicted molar refractivity (Wildman–Crippen MR) is 132 cm³/mol. The molecule has 0 unspecified atom stereocenters. The van der Waals surface area contributed by atoms with Gasteiger partial charge in [0, 0.05) is 20.2 Å². The average molecular weight is 530 g/mol. The Hall–Kier alpha value is -4.23. The summed E-state index contributed by atoms with van der Waals surface area (Å²) in [6.07, 6.45) is 0. The molecule has 0 saturated heterocycles. The van der Waals surface area contributed by atoms with Crippen molar-refractivity contribution in [2.45, 2.75) is 12.6 Å². The summed E-state index contributed by atoms with van der Waals surface area (Å²) in [5.74, 6) is -1.56. The van der Waals surface area contributed by atoms with E-state index < -0.39 is 29.6 Å². The molecule has 0 spiro atoms. The molecule has 37 heavy (non-hydrogen) atoms. The number of fused-ring (bicyclic) bond motifs is 1. The molecule has 0 aliphatic carbocycles. The van der Waals surface area contributed by atoms with Gasteiger partial charge in [-0.3, -0.25) is 14.4 Å². The average Bonchev–Trinajstić information content (AvgIpc) is 3.50.